The second-order valence-electron chi connectivity index (χ2n) is 2.83. The predicted molar refractivity (Wildman–Crippen MR) is 52.8 cm³/mol. The zero-order valence-corrected chi connectivity index (χ0v) is 7.56. The first-order valence-corrected chi connectivity index (χ1v) is 4.11. The van der Waals surface area contributed by atoms with Crippen LogP contribution in [0.4, 0.5) is 0 Å². The Balaban J connectivity index is 3.02. The van der Waals surface area contributed by atoms with E-state index >= 15 is 0 Å². The average molecular weight is 190 g/mol. The summed E-state index contributed by atoms with van der Waals surface area (Å²) in [4.78, 5) is 22.3. The molecule has 72 valence electrons. The Hall–Kier alpha value is -1.90. The van der Waals surface area contributed by atoms with Crippen molar-refractivity contribution in [3.05, 3.63) is 48.3 Å². The maximum Gasteiger partial charge on any atom is 0.189 e. The van der Waals surface area contributed by atoms with E-state index in [1.54, 1.807) is 6.08 Å². The summed E-state index contributed by atoms with van der Waals surface area (Å²) < 4.78 is 0. The minimum atomic E-state index is -0.456. The van der Waals surface area contributed by atoms with Crippen LogP contribution < -0.4 is 0 Å². The van der Waals surface area contributed by atoms with Crippen molar-refractivity contribution in [2.75, 3.05) is 0 Å². The van der Waals surface area contributed by atoms with Crippen molar-refractivity contribution < 1.29 is 14.7 Å². The summed E-state index contributed by atoms with van der Waals surface area (Å²) in [6, 6.07) is 0. The molecule has 0 aliphatic heterocycles. The molecule has 14 heavy (non-hydrogen) atoms. The van der Waals surface area contributed by atoms with Crippen molar-refractivity contribution in [2.45, 2.75) is 6.42 Å². The van der Waals surface area contributed by atoms with Crippen LogP contribution in [-0.2, 0) is 9.59 Å². The van der Waals surface area contributed by atoms with E-state index in [1.807, 2.05) is 0 Å². The molecule has 0 aromatic heterocycles. The zero-order chi connectivity index (χ0) is 10.6. The summed E-state index contributed by atoms with van der Waals surface area (Å²) in [6.07, 6.45) is 6.99. The third-order valence-electron chi connectivity index (χ3n) is 1.74. The van der Waals surface area contributed by atoms with E-state index in [2.05, 4.69) is 6.58 Å². The maximum atomic E-state index is 11.2. The van der Waals surface area contributed by atoms with Gasteiger partial charge in [-0.1, -0.05) is 18.7 Å². The van der Waals surface area contributed by atoms with Crippen LogP contribution in [0.25, 0.3) is 0 Å². The molecular weight excluding hydrogens is 180 g/mol. The minimum absolute atomic E-state index is 0.0133. The molecule has 0 bridgehead atoms. The largest absolute Gasteiger partial charge is 0.507 e. The van der Waals surface area contributed by atoms with Gasteiger partial charge in [-0.3, -0.25) is 9.59 Å². The van der Waals surface area contributed by atoms with E-state index in [1.165, 1.54) is 18.2 Å². The molecule has 1 rings (SSSR count). The number of rotatable bonds is 0. The lowest BCUT2D eigenvalue weighted by atomic mass is 10.1. The number of carbonyl (C=O) groups excluding carboxylic acids is 2. The summed E-state index contributed by atoms with van der Waals surface area (Å²) >= 11 is 0. The molecule has 3 nitrogen and oxygen atoms in total. The van der Waals surface area contributed by atoms with Gasteiger partial charge in [0, 0.05) is 6.42 Å². The van der Waals surface area contributed by atoms with Gasteiger partial charge in [-0.05, 0) is 18.2 Å². The molecule has 0 unspecified atom stereocenters. The number of aliphatic hydroxyl groups is 1. The number of hydrogen-bond donors (Lipinski definition) is 1. The second kappa shape index (κ2) is 4.37. The Bertz CT molecular complexity index is 370. The number of ketones is 2. The number of aliphatic hydroxyl groups excluding tert-OH is 1. The first-order chi connectivity index (χ1) is 6.61. The molecule has 0 aromatic rings. The molecule has 0 heterocycles. The molecule has 1 N–H and O–H groups in total. The first kappa shape index (κ1) is 10.2. The third-order valence-corrected chi connectivity index (χ3v) is 1.74. The van der Waals surface area contributed by atoms with Gasteiger partial charge in [0.15, 0.2) is 11.6 Å². The van der Waals surface area contributed by atoms with E-state index in [0.717, 1.165) is 6.08 Å². The molecule has 0 atom stereocenters. The molecule has 0 aromatic carbocycles. The van der Waals surface area contributed by atoms with Crippen molar-refractivity contribution in [2.24, 2.45) is 0 Å². The lowest BCUT2D eigenvalue weighted by molar-refractivity contribution is -0.115. The van der Waals surface area contributed by atoms with Gasteiger partial charge in [0.2, 0.25) is 0 Å². The topological polar surface area (TPSA) is 54.4 Å². The van der Waals surface area contributed by atoms with Crippen LogP contribution in [0.1, 0.15) is 6.42 Å². The molecule has 3 heteroatoms. The molecule has 0 spiro atoms. The van der Waals surface area contributed by atoms with Gasteiger partial charge >= 0.3 is 0 Å². The van der Waals surface area contributed by atoms with Crippen LogP contribution in [-0.4, -0.2) is 16.7 Å². The van der Waals surface area contributed by atoms with Gasteiger partial charge in [-0.2, -0.15) is 0 Å². The SMILES string of the molecule is C=C1C(=O)/C=C\C(=O)C/C=C\C=C1O. The Morgan fingerprint density at radius 1 is 1.29 bits per heavy atom. The highest BCUT2D eigenvalue weighted by atomic mass is 16.3. The van der Waals surface area contributed by atoms with Gasteiger partial charge in [0.1, 0.15) is 5.76 Å². The smallest absolute Gasteiger partial charge is 0.189 e. The van der Waals surface area contributed by atoms with Gasteiger partial charge < -0.3 is 5.11 Å². The third kappa shape index (κ3) is 2.55. The van der Waals surface area contributed by atoms with Crippen molar-refractivity contribution in [3.63, 3.8) is 0 Å². The fourth-order valence-electron chi connectivity index (χ4n) is 0.907. The van der Waals surface area contributed by atoms with Gasteiger partial charge in [0.25, 0.3) is 0 Å². The second-order valence-corrected chi connectivity index (χ2v) is 2.83. The lowest BCUT2D eigenvalue weighted by Crippen LogP contribution is -2.02. The summed E-state index contributed by atoms with van der Waals surface area (Å²) in [5.74, 6) is -0.787. The van der Waals surface area contributed by atoms with Crippen molar-refractivity contribution in [1.29, 1.82) is 0 Å². The molecule has 0 saturated carbocycles. The zero-order valence-electron chi connectivity index (χ0n) is 7.56. The molecule has 1 aliphatic carbocycles. The monoisotopic (exact) mass is 190 g/mol. The molecule has 0 fully saturated rings. The lowest BCUT2D eigenvalue weighted by Gasteiger charge is -1.99. The van der Waals surface area contributed by atoms with Crippen LogP contribution in [0.15, 0.2) is 48.3 Å². The van der Waals surface area contributed by atoms with Crippen LogP contribution in [0, 0.1) is 0 Å². The highest BCUT2D eigenvalue weighted by Crippen LogP contribution is 2.08. The fraction of sp³-hybridized carbons (Fsp3) is 0.0909. The Kier molecular flexibility index (Phi) is 3.18. The quantitative estimate of drug-likeness (QED) is 0.591. The molecule has 0 radical (unpaired) electrons. The van der Waals surface area contributed by atoms with Crippen LogP contribution in [0.2, 0.25) is 0 Å². The fourth-order valence-corrected chi connectivity index (χ4v) is 0.907. The summed E-state index contributed by atoms with van der Waals surface area (Å²) in [5.41, 5.74) is -0.0133. The van der Waals surface area contributed by atoms with Crippen molar-refractivity contribution in [3.8, 4) is 0 Å². The highest BCUT2D eigenvalue weighted by Gasteiger charge is 2.08. The Morgan fingerprint density at radius 2 is 2.00 bits per heavy atom. The minimum Gasteiger partial charge on any atom is -0.507 e. The van der Waals surface area contributed by atoms with Gasteiger partial charge in [-0.25, -0.2) is 0 Å². The van der Waals surface area contributed by atoms with Gasteiger partial charge in [-0.15, -0.1) is 0 Å². The van der Waals surface area contributed by atoms with Crippen LogP contribution in [0.3, 0.4) is 0 Å². The van der Waals surface area contributed by atoms with Crippen LogP contribution >= 0.6 is 0 Å². The molecule has 1 aliphatic rings. The average Bonchev–Trinajstić information content (AvgIpc) is 2.18. The van der Waals surface area contributed by atoms with E-state index in [4.69, 9.17) is 0 Å². The summed E-state index contributed by atoms with van der Waals surface area (Å²) in [5, 5.41) is 9.31. The highest BCUT2D eigenvalue weighted by molar-refractivity contribution is 6.09. The van der Waals surface area contributed by atoms with Crippen LogP contribution in [0.5, 0.6) is 0 Å². The van der Waals surface area contributed by atoms with E-state index in [0.29, 0.717) is 0 Å². The van der Waals surface area contributed by atoms with Gasteiger partial charge in [0.05, 0.1) is 5.57 Å². The van der Waals surface area contributed by atoms with Crippen molar-refractivity contribution >= 4 is 11.6 Å². The Labute approximate surface area is 81.7 Å². The summed E-state index contributed by atoms with van der Waals surface area (Å²) in [7, 11) is 0. The number of hydrogen-bond acceptors (Lipinski definition) is 3. The normalized spacial score (nSPS) is 22.9. The standard InChI is InChI=1S/C11H10O3/c1-8-10(13)5-3-2-4-9(12)6-7-11(8)14/h2-3,5-7,13H,1,4H2/b3-2-,7-6-,10-5?. The molecule has 0 saturated heterocycles. The number of carbonyl (C=O) groups is 2. The van der Waals surface area contributed by atoms with E-state index in [9.17, 15) is 14.7 Å². The predicted octanol–water partition coefficient (Wildman–Crippen LogP) is 1.64. The first-order valence-electron chi connectivity index (χ1n) is 4.11. The molecule has 0 amide bonds. The number of allylic oxidation sites excluding steroid dienone is 6. The van der Waals surface area contributed by atoms with E-state index in [-0.39, 0.29) is 23.5 Å². The van der Waals surface area contributed by atoms with Crippen molar-refractivity contribution in [1.82, 2.24) is 0 Å². The maximum absolute atomic E-state index is 11.2. The van der Waals surface area contributed by atoms with E-state index < -0.39 is 5.78 Å². The molecular formula is C11H10O3. The Morgan fingerprint density at radius 3 is 2.71 bits per heavy atom. The summed E-state index contributed by atoms with van der Waals surface area (Å²) in [6.45, 7) is 3.41.